The first-order valence-corrected chi connectivity index (χ1v) is 8.46. The van der Waals surface area contributed by atoms with Gasteiger partial charge in [0.1, 0.15) is 0 Å². The van der Waals surface area contributed by atoms with Gasteiger partial charge in [0.2, 0.25) is 0 Å². The monoisotopic (exact) mass is 323 g/mol. The topological polar surface area (TPSA) is 47.6 Å². The van der Waals surface area contributed by atoms with Crippen LogP contribution in [0.5, 0.6) is 11.5 Å². The molecule has 124 valence electrons. The molecule has 0 bridgehead atoms. The Bertz CT molecular complexity index is 738. The smallest absolute Gasteiger partial charge is 0.251 e. The lowest BCUT2D eigenvalue weighted by molar-refractivity contribution is 0.0953. The summed E-state index contributed by atoms with van der Waals surface area (Å²) in [6.45, 7) is 2.00. The predicted molar refractivity (Wildman–Crippen MR) is 91.6 cm³/mol. The van der Waals surface area contributed by atoms with Crippen LogP contribution >= 0.6 is 0 Å². The van der Waals surface area contributed by atoms with Gasteiger partial charge >= 0.3 is 0 Å². The van der Waals surface area contributed by atoms with Crippen LogP contribution < -0.4 is 14.8 Å². The molecule has 1 spiro atoms. The molecule has 0 atom stereocenters. The highest BCUT2D eigenvalue weighted by molar-refractivity contribution is 5.94. The van der Waals surface area contributed by atoms with E-state index in [9.17, 15) is 4.79 Å². The molecule has 2 aromatic carbocycles. The predicted octanol–water partition coefficient (Wildman–Crippen LogP) is 3.21. The molecule has 1 aliphatic heterocycles. The van der Waals surface area contributed by atoms with Crippen molar-refractivity contribution in [3.05, 3.63) is 59.7 Å². The van der Waals surface area contributed by atoms with E-state index in [0.29, 0.717) is 31.1 Å². The van der Waals surface area contributed by atoms with E-state index in [4.69, 9.17) is 9.47 Å². The Morgan fingerprint density at radius 3 is 2.50 bits per heavy atom. The number of ether oxygens (including phenoxy) is 2. The molecule has 1 N–H and O–H groups in total. The van der Waals surface area contributed by atoms with Gasteiger partial charge in [-0.25, -0.2) is 0 Å². The van der Waals surface area contributed by atoms with E-state index in [1.54, 1.807) is 12.1 Å². The summed E-state index contributed by atoms with van der Waals surface area (Å²) in [6.07, 6.45) is 3.14. The van der Waals surface area contributed by atoms with Crippen molar-refractivity contribution in [2.75, 3.05) is 19.8 Å². The molecular formula is C20H21NO3. The Balaban J connectivity index is 1.37. The first kappa shape index (κ1) is 15.1. The average molecular weight is 323 g/mol. The molecule has 4 heteroatoms. The summed E-state index contributed by atoms with van der Waals surface area (Å²) in [5.41, 5.74) is 2.03. The first-order valence-electron chi connectivity index (χ1n) is 8.46. The molecule has 1 saturated carbocycles. The van der Waals surface area contributed by atoms with Crippen LogP contribution in [0.3, 0.4) is 0 Å². The van der Waals surface area contributed by atoms with E-state index in [0.717, 1.165) is 25.0 Å². The van der Waals surface area contributed by atoms with Crippen LogP contribution in [-0.4, -0.2) is 25.7 Å². The fourth-order valence-electron chi connectivity index (χ4n) is 2.92. The second-order valence-corrected chi connectivity index (χ2v) is 6.73. The van der Waals surface area contributed by atoms with E-state index in [-0.39, 0.29) is 11.3 Å². The average Bonchev–Trinajstić information content (AvgIpc) is 3.42. The number of carbonyl (C=O) groups is 1. The van der Waals surface area contributed by atoms with Crippen molar-refractivity contribution in [3.63, 3.8) is 0 Å². The maximum Gasteiger partial charge on any atom is 0.251 e. The standard InChI is InChI=1S/C20H21NO3/c22-19(21-11-8-15-4-2-1-3-5-15)16-6-7-17-18(12-16)24-14-20(9-10-20)13-23-17/h1-7,12H,8-11,13-14H2,(H,21,22). The molecule has 4 rings (SSSR count). The molecular weight excluding hydrogens is 302 g/mol. The summed E-state index contributed by atoms with van der Waals surface area (Å²) in [4.78, 5) is 12.3. The van der Waals surface area contributed by atoms with Gasteiger partial charge in [-0.3, -0.25) is 4.79 Å². The van der Waals surface area contributed by atoms with E-state index < -0.39 is 0 Å². The van der Waals surface area contributed by atoms with Crippen molar-refractivity contribution in [1.82, 2.24) is 5.32 Å². The molecule has 0 unspecified atom stereocenters. The van der Waals surface area contributed by atoms with Crippen LogP contribution in [0.2, 0.25) is 0 Å². The molecule has 4 nitrogen and oxygen atoms in total. The van der Waals surface area contributed by atoms with E-state index in [1.807, 2.05) is 24.3 Å². The van der Waals surface area contributed by atoms with Crippen molar-refractivity contribution >= 4 is 5.91 Å². The summed E-state index contributed by atoms with van der Waals surface area (Å²) in [5.74, 6) is 1.33. The quantitative estimate of drug-likeness (QED) is 0.940. The molecule has 24 heavy (non-hydrogen) atoms. The fourth-order valence-corrected chi connectivity index (χ4v) is 2.92. The molecule has 0 aromatic heterocycles. The summed E-state index contributed by atoms with van der Waals surface area (Å²) in [5, 5.41) is 2.96. The van der Waals surface area contributed by atoms with Gasteiger partial charge in [-0.05, 0) is 43.0 Å². The highest BCUT2D eigenvalue weighted by atomic mass is 16.5. The maximum atomic E-state index is 12.3. The number of benzene rings is 2. The number of nitrogens with one attached hydrogen (secondary N) is 1. The largest absolute Gasteiger partial charge is 0.489 e. The number of rotatable bonds is 4. The Labute approximate surface area is 141 Å². The SMILES string of the molecule is O=C(NCCc1ccccc1)c1ccc2c(c1)OCC1(CC1)CO2. The first-order chi connectivity index (χ1) is 11.7. The number of amides is 1. The molecule has 1 fully saturated rings. The molecule has 0 radical (unpaired) electrons. The molecule has 2 aromatic rings. The Morgan fingerprint density at radius 1 is 1.00 bits per heavy atom. The van der Waals surface area contributed by atoms with Crippen molar-refractivity contribution in [1.29, 1.82) is 0 Å². The third-order valence-electron chi connectivity index (χ3n) is 4.77. The number of fused-ring (bicyclic) bond motifs is 1. The third-order valence-corrected chi connectivity index (χ3v) is 4.77. The third kappa shape index (κ3) is 3.23. The van der Waals surface area contributed by atoms with Crippen LogP contribution in [-0.2, 0) is 6.42 Å². The normalized spacial score (nSPS) is 17.2. The zero-order chi connectivity index (χ0) is 16.4. The van der Waals surface area contributed by atoms with Gasteiger partial charge in [-0.2, -0.15) is 0 Å². The lowest BCUT2D eigenvalue weighted by Gasteiger charge is -2.10. The second-order valence-electron chi connectivity index (χ2n) is 6.73. The van der Waals surface area contributed by atoms with Crippen molar-refractivity contribution < 1.29 is 14.3 Å². The zero-order valence-corrected chi connectivity index (χ0v) is 13.6. The lowest BCUT2D eigenvalue weighted by Crippen LogP contribution is -2.25. The minimum atomic E-state index is -0.0808. The van der Waals surface area contributed by atoms with Gasteiger partial charge in [-0.15, -0.1) is 0 Å². The summed E-state index contributed by atoms with van der Waals surface area (Å²) < 4.78 is 11.7. The molecule has 0 saturated heterocycles. The highest BCUT2D eigenvalue weighted by Gasteiger charge is 2.46. The Hall–Kier alpha value is -2.49. The van der Waals surface area contributed by atoms with Gasteiger partial charge < -0.3 is 14.8 Å². The second kappa shape index (κ2) is 6.19. The van der Waals surface area contributed by atoms with E-state index in [2.05, 4.69) is 17.4 Å². The summed E-state index contributed by atoms with van der Waals surface area (Å²) >= 11 is 0. The highest BCUT2D eigenvalue weighted by Crippen LogP contribution is 2.49. The number of hydrogen-bond donors (Lipinski definition) is 1. The summed E-state index contributed by atoms with van der Waals surface area (Å²) in [7, 11) is 0. The van der Waals surface area contributed by atoms with Crippen LogP contribution in [0.15, 0.2) is 48.5 Å². The van der Waals surface area contributed by atoms with Gasteiger partial charge in [0.15, 0.2) is 11.5 Å². The van der Waals surface area contributed by atoms with Crippen LogP contribution in [0.4, 0.5) is 0 Å². The molecule has 1 aliphatic carbocycles. The van der Waals surface area contributed by atoms with Crippen LogP contribution in [0.1, 0.15) is 28.8 Å². The van der Waals surface area contributed by atoms with Gasteiger partial charge in [0.05, 0.1) is 13.2 Å². The number of carbonyl (C=O) groups excluding carboxylic acids is 1. The fraction of sp³-hybridized carbons (Fsp3) is 0.350. The lowest BCUT2D eigenvalue weighted by atomic mass is 10.1. The van der Waals surface area contributed by atoms with Crippen molar-refractivity contribution in [3.8, 4) is 11.5 Å². The Morgan fingerprint density at radius 2 is 1.75 bits per heavy atom. The molecule has 2 aliphatic rings. The molecule has 1 heterocycles. The minimum absolute atomic E-state index is 0.0808. The maximum absolute atomic E-state index is 12.3. The Kier molecular flexibility index (Phi) is 3.89. The van der Waals surface area contributed by atoms with Gasteiger partial charge in [0, 0.05) is 17.5 Å². The van der Waals surface area contributed by atoms with Gasteiger partial charge in [0.25, 0.3) is 5.91 Å². The van der Waals surface area contributed by atoms with Gasteiger partial charge in [-0.1, -0.05) is 30.3 Å². The van der Waals surface area contributed by atoms with E-state index >= 15 is 0 Å². The van der Waals surface area contributed by atoms with Crippen molar-refractivity contribution in [2.45, 2.75) is 19.3 Å². The zero-order valence-electron chi connectivity index (χ0n) is 13.6. The minimum Gasteiger partial charge on any atom is -0.489 e. The van der Waals surface area contributed by atoms with Crippen LogP contribution in [0, 0.1) is 5.41 Å². The van der Waals surface area contributed by atoms with E-state index in [1.165, 1.54) is 5.56 Å². The van der Waals surface area contributed by atoms with Crippen molar-refractivity contribution in [2.24, 2.45) is 5.41 Å². The number of hydrogen-bond acceptors (Lipinski definition) is 3. The summed E-state index contributed by atoms with van der Waals surface area (Å²) in [6, 6.07) is 15.6. The molecule has 1 amide bonds. The van der Waals surface area contributed by atoms with Crippen LogP contribution in [0.25, 0.3) is 0 Å².